The minimum Gasteiger partial charge on any atom is -0.406 e. The maximum atomic E-state index is 12.8. The third kappa shape index (κ3) is 8.52. The van der Waals surface area contributed by atoms with Crippen LogP contribution in [0.25, 0.3) is 17.1 Å². The molecule has 1 aliphatic rings. The normalized spacial score (nSPS) is 14.4. The third-order valence-corrected chi connectivity index (χ3v) is 8.35. The second kappa shape index (κ2) is 14.5. The topological polar surface area (TPSA) is 84.6 Å². The molecular weight excluding hydrogens is 634 g/mol. The lowest BCUT2D eigenvalue weighted by molar-refractivity contribution is -0.274. The first-order valence-corrected chi connectivity index (χ1v) is 16.2. The lowest BCUT2D eigenvalue weighted by Crippen LogP contribution is -2.32. The Hall–Kier alpha value is -4.23. The molecule has 0 unspecified atom stereocenters. The van der Waals surface area contributed by atoms with Crippen molar-refractivity contribution in [1.82, 2.24) is 20.1 Å². The van der Waals surface area contributed by atoms with Gasteiger partial charge in [-0.05, 0) is 91.8 Å². The van der Waals surface area contributed by atoms with Crippen LogP contribution in [0.1, 0.15) is 49.3 Å². The number of benzene rings is 3. The Kier molecular flexibility index (Phi) is 10.4. The van der Waals surface area contributed by atoms with E-state index >= 15 is 0 Å². The largest absolute Gasteiger partial charge is 0.573 e. The Balaban J connectivity index is 1.12. The molecule has 0 bridgehead atoms. The highest BCUT2D eigenvalue weighted by Crippen LogP contribution is 2.34. The quantitative estimate of drug-likeness (QED) is 0.138. The molecule has 3 aromatic carbocycles. The van der Waals surface area contributed by atoms with E-state index in [0.29, 0.717) is 34.1 Å². The maximum absolute atomic E-state index is 12.8. The molecule has 0 radical (unpaired) electrons. The molecule has 1 aliphatic heterocycles. The number of amidine groups is 1. The fraction of sp³-hybridized carbons (Fsp3) is 0.303. The lowest BCUT2D eigenvalue weighted by Gasteiger charge is -2.22. The van der Waals surface area contributed by atoms with Gasteiger partial charge in [-0.25, -0.2) is 9.67 Å². The minimum atomic E-state index is -4.75. The molecule has 5 rings (SSSR count). The summed E-state index contributed by atoms with van der Waals surface area (Å²) in [6.07, 6.45) is -0.624. The van der Waals surface area contributed by atoms with Gasteiger partial charge in [0.25, 0.3) is 0 Å². The number of carbonyl (C=O) groups is 1. The highest BCUT2D eigenvalue weighted by molar-refractivity contribution is 8.15. The van der Waals surface area contributed by atoms with E-state index in [-0.39, 0.29) is 17.6 Å². The summed E-state index contributed by atoms with van der Waals surface area (Å²) in [5.74, 6) is 0.784. The molecule has 0 atom stereocenters. The summed E-state index contributed by atoms with van der Waals surface area (Å²) in [6.45, 7) is 6.92. The molecule has 2 heterocycles. The van der Waals surface area contributed by atoms with Gasteiger partial charge in [0.2, 0.25) is 5.91 Å². The molecule has 1 amide bonds. The van der Waals surface area contributed by atoms with Gasteiger partial charge < -0.3 is 10.1 Å². The fourth-order valence-corrected chi connectivity index (χ4v) is 6.10. The van der Waals surface area contributed by atoms with E-state index in [2.05, 4.69) is 45.0 Å². The number of unbranched alkanes of at least 4 members (excludes halogenated alkanes) is 1. The number of alkyl halides is 3. The Morgan fingerprint density at radius 3 is 2.63 bits per heavy atom. The summed E-state index contributed by atoms with van der Waals surface area (Å²) in [7, 11) is 0. The molecule has 0 spiro atoms. The average molecular weight is 667 g/mol. The highest BCUT2D eigenvalue weighted by Gasteiger charge is 2.32. The van der Waals surface area contributed by atoms with Gasteiger partial charge in [-0.2, -0.15) is 4.99 Å². The summed E-state index contributed by atoms with van der Waals surface area (Å²) in [6, 6.07) is 19.5. The molecule has 1 aromatic heterocycles. The number of amides is 1. The SMILES string of the molecule is Cc1ccc(N2C(=O)CS/C2=N\C(=S)NCCCCc2cccc(-c3ncn(-c4ccc(OC(F)(F)F)cc4)n3)c2)c(C(C)C)c1. The standard InChI is InChI=1S/C33H33F3N6O2S2/c1-21(2)27-17-22(3)10-15-28(27)42-29(43)19-46-32(42)39-31(45)37-16-5-4-7-23-8-6-9-24(18-23)30-38-20-41(40-30)25-11-13-26(14-12-25)44-33(34,35)36/h6,8-15,17-18,20-21H,4-5,7,16,19H2,1-3H3,(H,37,45)/b39-32-. The van der Waals surface area contributed by atoms with Crippen molar-refractivity contribution in [2.75, 3.05) is 17.2 Å². The van der Waals surface area contributed by atoms with Gasteiger partial charge in [0.1, 0.15) is 12.1 Å². The van der Waals surface area contributed by atoms with Crippen molar-refractivity contribution in [1.29, 1.82) is 0 Å². The molecule has 13 heteroatoms. The first kappa shape index (κ1) is 33.1. The molecule has 8 nitrogen and oxygen atoms in total. The number of nitrogens with zero attached hydrogens (tertiary/aromatic N) is 5. The molecular formula is C33H33F3N6O2S2. The van der Waals surface area contributed by atoms with E-state index in [1.54, 1.807) is 4.90 Å². The monoisotopic (exact) mass is 666 g/mol. The predicted molar refractivity (Wildman–Crippen MR) is 180 cm³/mol. The number of thiocarbonyl (C=S) groups is 1. The number of ether oxygens (including phenoxy) is 1. The summed E-state index contributed by atoms with van der Waals surface area (Å²) < 4.78 is 42.7. The zero-order valence-corrected chi connectivity index (χ0v) is 27.2. The molecule has 1 saturated heterocycles. The number of halogens is 3. The van der Waals surface area contributed by atoms with Crippen LogP contribution in [0.2, 0.25) is 0 Å². The van der Waals surface area contributed by atoms with Gasteiger partial charge >= 0.3 is 6.36 Å². The number of nitrogens with one attached hydrogen (secondary N) is 1. The van der Waals surface area contributed by atoms with Crippen molar-refractivity contribution in [3.8, 4) is 22.8 Å². The van der Waals surface area contributed by atoms with Gasteiger partial charge in [-0.1, -0.05) is 61.5 Å². The van der Waals surface area contributed by atoms with E-state index in [4.69, 9.17) is 12.2 Å². The van der Waals surface area contributed by atoms with Gasteiger partial charge in [0, 0.05) is 12.1 Å². The number of carbonyl (C=O) groups excluding carboxylic acids is 1. The lowest BCUT2D eigenvalue weighted by atomic mass is 9.98. The minimum absolute atomic E-state index is 0.00452. The number of rotatable bonds is 10. The van der Waals surface area contributed by atoms with Gasteiger partial charge in [0.05, 0.1) is 17.1 Å². The number of thioether (sulfide) groups is 1. The van der Waals surface area contributed by atoms with Crippen molar-refractivity contribution in [2.24, 2.45) is 4.99 Å². The van der Waals surface area contributed by atoms with Crippen LogP contribution in [-0.2, 0) is 11.2 Å². The van der Waals surface area contributed by atoms with E-state index < -0.39 is 6.36 Å². The molecule has 0 aliphatic carbocycles. The van der Waals surface area contributed by atoms with Crippen LogP contribution in [-0.4, -0.2) is 49.6 Å². The van der Waals surface area contributed by atoms with Gasteiger partial charge in [0.15, 0.2) is 16.1 Å². The Labute approximate surface area is 275 Å². The van der Waals surface area contributed by atoms with E-state index in [9.17, 15) is 18.0 Å². The van der Waals surface area contributed by atoms with Gasteiger partial charge in [-0.15, -0.1) is 18.3 Å². The van der Waals surface area contributed by atoms with E-state index in [0.717, 1.165) is 47.2 Å². The van der Waals surface area contributed by atoms with Crippen LogP contribution in [0, 0.1) is 6.92 Å². The maximum Gasteiger partial charge on any atom is 0.573 e. The molecule has 1 N–H and O–H groups in total. The first-order valence-electron chi connectivity index (χ1n) is 14.8. The highest BCUT2D eigenvalue weighted by atomic mass is 32.2. The smallest absolute Gasteiger partial charge is 0.406 e. The second-order valence-corrected chi connectivity index (χ2v) is 12.4. The van der Waals surface area contributed by atoms with Crippen molar-refractivity contribution >= 4 is 45.9 Å². The first-order chi connectivity index (χ1) is 22.0. The zero-order chi connectivity index (χ0) is 32.8. The Morgan fingerprint density at radius 2 is 1.89 bits per heavy atom. The summed E-state index contributed by atoms with van der Waals surface area (Å²) >= 11 is 6.89. The Morgan fingerprint density at radius 1 is 1.11 bits per heavy atom. The number of aromatic nitrogens is 3. The van der Waals surface area contributed by atoms with E-state index in [1.807, 2.05) is 43.3 Å². The van der Waals surface area contributed by atoms with Crippen molar-refractivity contribution in [3.05, 3.63) is 89.7 Å². The van der Waals surface area contributed by atoms with Gasteiger partial charge in [-0.3, -0.25) is 9.69 Å². The Bertz CT molecular complexity index is 1740. The average Bonchev–Trinajstić information content (AvgIpc) is 3.64. The summed E-state index contributed by atoms with van der Waals surface area (Å²) in [5.41, 5.74) is 5.62. The number of aryl methyl sites for hydroxylation is 2. The van der Waals surface area contributed by atoms with E-state index in [1.165, 1.54) is 47.0 Å². The van der Waals surface area contributed by atoms with Crippen molar-refractivity contribution in [3.63, 3.8) is 0 Å². The number of hydrogen-bond acceptors (Lipinski definition) is 6. The fourth-order valence-electron chi connectivity index (χ4n) is 4.98. The van der Waals surface area contributed by atoms with Crippen LogP contribution in [0.5, 0.6) is 5.75 Å². The predicted octanol–water partition coefficient (Wildman–Crippen LogP) is 7.60. The molecule has 46 heavy (non-hydrogen) atoms. The number of hydrogen-bond donors (Lipinski definition) is 1. The zero-order valence-electron chi connectivity index (χ0n) is 25.5. The summed E-state index contributed by atoms with van der Waals surface area (Å²) in [5, 5.41) is 8.64. The number of anilines is 1. The van der Waals surface area contributed by atoms with Crippen LogP contribution in [0.15, 0.2) is 78.0 Å². The van der Waals surface area contributed by atoms with Crippen molar-refractivity contribution < 1.29 is 22.7 Å². The molecule has 4 aromatic rings. The molecule has 0 saturated carbocycles. The van der Waals surface area contributed by atoms with Crippen molar-refractivity contribution in [2.45, 2.75) is 52.3 Å². The number of aliphatic imine (C=N–C) groups is 1. The van der Waals surface area contributed by atoms with Crippen LogP contribution < -0.4 is 15.0 Å². The van der Waals surface area contributed by atoms with Crippen LogP contribution >= 0.6 is 24.0 Å². The molecule has 1 fully saturated rings. The third-order valence-electron chi connectivity index (χ3n) is 7.19. The molecule has 240 valence electrons. The summed E-state index contributed by atoms with van der Waals surface area (Å²) in [4.78, 5) is 23.5. The van der Waals surface area contributed by atoms with Crippen LogP contribution in [0.4, 0.5) is 18.9 Å². The van der Waals surface area contributed by atoms with Crippen LogP contribution in [0.3, 0.4) is 0 Å². The second-order valence-electron chi connectivity index (χ2n) is 11.1.